The number of carbonyl (C=O) groups excluding carboxylic acids is 2. The zero-order valence-electron chi connectivity index (χ0n) is 15.3. The highest BCUT2D eigenvalue weighted by molar-refractivity contribution is 5.85. The zero-order chi connectivity index (χ0) is 18.4. The maximum Gasteiger partial charge on any atom is 0.275 e. The summed E-state index contributed by atoms with van der Waals surface area (Å²) in [5.74, 6) is 1.35. The van der Waals surface area contributed by atoms with Gasteiger partial charge in [-0.05, 0) is 24.6 Å². The van der Waals surface area contributed by atoms with E-state index in [1.165, 1.54) is 10.5 Å². The van der Waals surface area contributed by atoms with Gasteiger partial charge < -0.3 is 25.0 Å². The van der Waals surface area contributed by atoms with Crippen LogP contribution in [-0.4, -0.2) is 51.2 Å². The van der Waals surface area contributed by atoms with E-state index in [9.17, 15) is 9.59 Å². The second kappa shape index (κ2) is 8.89. The molecule has 1 fully saturated rings. The van der Waals surface area contributed by atoms with Crippen LogP contribution in [0, 0.1) is 0 Å². The zero-order valence-corrected chi connectivity index (χ0v) is 15.3. The molecule has 0 spiro atoms. The van der Waals surface area contributed by atoms with Gasteiger partial charge in [0.1, 0.15) is 19.3 Å². The van der Waals surface area contributed by atoms with E-state index in [0.29, 0.717) is 26.3 Å². The van der Waals surface area contributed by atoms with Crippen LogP contribution in [0.3, 0.4) is 0 Å². The fourth-order valence-electron chi connectivity index (χ4n) is 3.58. The van der Waals surface area contributed by atoms with Crippen molar-refractivity contribution in [3.05, 3.63) is 23.8 Å². The van der Waals surface area contributed by atoms with Crippen LogP contribution in [0.2, 0.25) is 0 Å². The van der Waals surface area contributed by atoms with Crippen LogP contribution in [-0.2, 0) is 9.59 Å². The summed E-state index contributed by atoms with van der Waals surface area (Å²) >= 11 is 0. The van der Waals surface area contributed by atoms with E-state index in [1.807, 2.05) is 19.1 Å². The number of carbonyl (C=O) groups is 2. The number of ether oxygens (including phenoxy) is 2. The van der Waals surface area contributed by atoms with Crippen molar-refractivity contribution in [3.8, 4) is 11.5 Å². The van der Waals surface area contributed by atoms with Crippen LogP contribution in [0.15, 0.2) is 18.2 Å². The second-order valence-corrected chi connectivity index (χ2v) is 6.81. The molecule has 0 radical (unpaired) electrons. The molecule has 142 valence electrons. The predicted octanol–water partition coefficient (Wildman–Crippen LogP) is -0.180. The lowest BCUT2D eigenvalue weighted by Gasteiger charge is -2.24. The number of quaternary nitrogens is 1. The van der Waals surface area contributed by atoms with Gasteiger partial charge in [-0.15, -0.1) is 0 Å². The van der Waals surface area contributed by atoms with Crippen molar-refractivity contribution in [2.45, 2.75) is 32.2 Å². The third kappa shape index (κ3) is 4.66. The van der Waals surface area contributed by atoms with Gasteiger partial charge in [-0.2, -0.15) is 0 Å². The molecule has 2 aliphatic heterocycles. The Bertz CT molecular complexity index is 650. The molecule has 0 aliphatic carbocycles. The largest absolute Gasteiger partial charge is 0.486 e. The average Bonchev–Trinajstić information content (AvgIpc) is 3.12. The third-order valence-corrected chi connectivity index (χ3v) is 4.86. The van der Waals surface area contributed by atoms with Crippen molar-refractivity contribution in [1.29, 1.82) is 0 Å². The summed E-state index contributed by atoms with van der Waals surface area (Å²) in [6, 6.07) is 6.34. The van der Waals surface area contributed by atoms with Crippen LogP contribution < -0.4 is 25.0 Å². The molecule has 3 N–H and O–H groups in total. The molecular weight excluding hydrogens is 334 g/mol. The Morgan fingerprint density at radius 3 is 2.77 bits per heavy atom. The van der Waals surface area contributed by atoms with Crippen molar-refractivity contribution >= 4 is 11.8 Å². The fourth-order valence-corrected chi connectivity index (χ4v) is 3.58. The quantitative estimate of drug-likeness (QED) is 0.629. The molecule has 1 saturated heterocycles. The van der Waals surface area contributed by atoms with Gasteiger partial charge in [0, 0.05) is 24.9 Å². The van der Waals surface area contributed by atoms with E-state index in [4.69, 9.17) is 9.47 Å². The maximum absolute atomic E-state index is 12.2. The molecule has 1 unspecified atom stereocenters. The first-order valence-corrected chi connectivity index (χ1v) is 9.45. The van der Waals surface area contributed by atoms with Crippen molar-refractivity contribution in [3.63, 3.8) is 0 Å². The van der Waals surface area contributed by atoms with Crippen molar-refractivity contribution in [2.24, 2.45) is 0 Å². The average molecular weight is 362 g/mol. The Morgan fingerprint density at radius 1 is 1.15 bits per heavy atom. The van der Waals surface area contributed by atoms with E-state index in [0.717, 1.165) is 37.3 Å². The minimum Gasteiger partial charge on any atom is -0.486 e. The molecule has 3 rings (SSSR count). The van der Waals surface area contributed by atoms with Gasteiger partial charge in [-0.1, -0.05) is 6.92 Å². The number of hydrogen-bond donors (Lipinski definition) is 3. The molecule has 2 aliphatic rings. The van der Waals surface area contributed by atoms with Gasteiger partial charge in [0.2, 0.25) is 5.91 Å². The maximum atomic E-state index is 12.2. The van der Waals surface area contributed by atoms with E-state index < -0.39 is 0 Å². The molecule has 0 aromatic heterocycles. The third-order valence-electron chi connectivity index (χ3n) is 4.86. The summed E-state index contributed by atoms with van der Waals surface area (Å²) < 4.78 is 11.3. The smallest absolute Gasteiger partial charge is 0.275 e. The molecule has 0 bridgehead atoms. The highest BCUT2D eigenvalue weighted by Gasteiger charge is 2.32. The summed E-state index contributed by atoms with van der Waals surface area (Å²) in [5, 5.41) is 5.48. The number of benzene rings is 1. The Kier molecular flexibility index (Phi) is 6.33. The monoisotopic (exact) mass is 362 g/mol. The molecule has 26 heavy (non-hydrogen) atoms. The van der Waals surface area contributed by atoms with Crippen molar-refractivity contribution in [2.75, 3.05) is 39.4 Å². The van der Waals surface area contributed by atoms with E-state index in [1.54, 1.807) is 0 Å². The summed E-state index contributed by atoms with van der Waals surface area (Å²) in [4.78, 5) is 25.1. The summed E-state index contributed by atoms with van der Waals surface area (Å²) in [5.41, 5.74) is 1.18. The van der Waals surface area contributed by atoms with Gasteiger partial charge in [-0.25, -0.2) is 0 Å². The van der Waals surface area contributed by atoms with Gasteiger partial charge in [0.25, 0.3) is 5.91 Å². The van der Waals surface area contributed by atoms with E-state index in [-0.39, 0.29) is 24.4 Å². The minimum absolute atomic E-state index is 0.0425. The van der Waals surface area contributed by atoms with Crippen LogP contribution in [0.4, 0.5) is 0 Å². The summed E-state index contributed by atoms with van der Waals surface area (Å²) in [6.45, 7) is 5.15. The Balaban J connectivity index is 1.55. The molecule has 7 heteroatoms. The number of rotatable bonds is 7. The molecule has 2 amide bonds. The first-order valence-electron chi connectivity index (χ1n) is 9.45. The molecular formula is C19H28N3O4+. The highest BCUT2D eigenvalue weighted by atomic mass is 16.6. The minimum atomic E-state index is -0.139. The van der Waals surface area contributed by atoms with Crippen LogP contribution >= 0.6 is 0 Å². The molecule has 1 aromatic rings. The lowest BCUT2D eigenvalue weighted by Crippen LogP contribution is -3.11. The van der Waals surface area contributed by atoms with Crippen molar-refractivity contribution < 1.29 is 24.0 Å². The first-order chi connectivity index (χ1) is 12.7. The SMILES string of the molecule is CCCNC(=O)CNC(=O)C[NH+]1CCC[C@H]1c1ccc2c(c1)OCCO2. The second-order valence-electron chi connectivity index (χ2n) is 6.81. The lowest BCUT2D eigenvalue weighted by molar-refractivity contribution is -0.910. The predicted molar refractivity (Wildman–Crippen MR) is 96.4 cm³/mol. The molecule has 2 heterocycles. The van der Waals surface area contributed by atoms with Gasteiger partial charge >= 0.3 is 0 Å². The molecule has 0 saturated carbocycles. The molecule has 2 atom stereocenters. The molecule has 1 aromatic carbocycles. The first kappa shape index (κ1) is 18.5. The normalized spacial score (nSPS) is 21.3. The standard InChI is InChI=1S/C19H27N3O4/c1-2-7-20-18(23)12-21-19(24)13-22-8-3-4-15(22)14-5-6-16-17(11-14)26-10-9-25-16/h5-6,11,15H,2-4,7-10,12-13H2,1H3,(H,20,23)(H,21,24)/p+1/t15-/m0/s1. The Morgan fingerprint density at radius 2 is 1.96 bits per heavy atom. The summed E-state index contributed by atoms with van der Waals surface area (Å²) in [7, 11) is 0. The lowest BCUT2D eigenvalue weighted by atomic mass is 10.0. The van der Waals surface area contributed by atoms with Gasteiger partial charge in [0.15, 0.2) is 18.0 Å². The van der Waals surface area contributed by atoms with E-state index >= 15 is 0 Å². The number of nitrogens with one attached hydrogen (secondary N) is 3. The number of hydrogen-bond acceptors (Lipinski definition) is 4. The van der Waals surface area contributed by atoms with Crippen molar-refractivity contribution in [1.82, 2.24) is 10.6 Å². The number of likely N-dealkylation sites (tertiary alicyclic amines) is 1. The van der Waals surface area contributed by atoms with Crippen LogP contribution in [0.25, 0.3) is 0 Å². The number of amides is 2. The highest BCUT2D eigenvalue weighted by Crippen LogP contribution is 2.33. The Hall–Kier alpha value is -2.28. The summed E-state index contributed by atoms with van der Waals surface area (Å²) in [6.07, 6.45) is 3.01. The molecule has 7 nitrogen and oxygen atoms in total. The fraction of sp³-hybridized carbons (Fsp3) is 0.579. The topological polar surface area (TPSA) is 81.1 Å². The number of fused-ring (bicyclic) bond motifs is 1. The van der Waals surface area contributed by atoms with Gasteiger partial charge in [0.05, 0.1) is 13.1 Å². The van der Waals surface area contributed by atoms with Crippen LogP contribution in [0.1, 0.15) is 37.8 Å². The van der Waals surface area contributed by atoms with Gasteiger partial charge in [-0.3, -0.25) is 9.59 Å². The Labute approximate surface area is 154 Å². The van der Waals surface area contributed by atoms with E-state index in [2.05, 4.69) is 16.7 Å². The van der Waals surface area contributed by atoms with Crippen LogP contribution in [0.5, 0.6) is 11.5 Å².